The third-order valence-electron chi connectivity index (χ3n) is 4.94. The van der Waals surface area contributed by atoms with Crippen molar-refractivity contribution in [3.05, 3.63) is 53.4 Å². The normalized spacial score (nSPS) is 16.8. The molecule has 1 N–H and O–H groups in total. The number of nitrogens with one attached hydrogen (secondary N) is 1. The lowest BCUT2D eigenvalue weighted by Crippen LogP contribution is -2.30. The van der Waals surface area contributed by atoms with Crippen LogP contribution in [0.5, 0.6) is 0 Å². The molecule has 128 valence electrons. The highest BCUT2D eigenvalue weighted by atomic mass is 16.5. The summed E-state index contributed by atoms with van der Waals surface area (Å²) >= 11 is 0. The molecule has 5 heteroatoms. The van der Waals surface area contributed by atoms with Crippen LogP contribution in [0.4, 0.5) is 0 Å². The van der Waals surface area contributed by atoms with Gasteiger partial charge in [0.1, 0.15) is 12.0 Å². The molecule has 5 nitrogen and oxygen atoms in total. The predicted octanol–water partition coefficient (Wildman–Crippen LogP) is 3.05. The van der Waals surface area contributed by atoms with Gasteiger partial charge in [-0.15, -0.1) is 0 Å². The lowest BCUT2D eigenvalue weighted by Gasteiger charge is -2.24. The van der Waals surface area contributed by atoms with E-state index in [2.05, 4.69) is 16.5 Å². The lowest BCUT2D eigenvalue weighted by atomic mass is 9.90. The Balaban J connectivity index is 1.69. The summed E-state index contributed by atoms with van der Waals surface area (Å²) in [5.41, 5.74) is 2.74. The van der Waals surface area contributed by atoms with Crippen LogP contribution in [0, 0.1) is 5.92 Å². The number of benzene rings is 1. The molecule has 3 rings (SSSR count). The molecule has 0 aliphatic carbocycles. The van der Waals surface area contributed by atoms with Gasteiger partial charge in [-0.2, -0.15) is 0 Å². The van der Waals surface area contributed by atoms with Gasteiger partial charge in [-0.05, 0) is 62.9 Å². The Morgan fingerprint density at radius 3 is 2.88 bits per heavy atom. The van der Waals surface area contributed by atoms with Gasteiger partial charge in [-0.25, -0.2) is 0 Å². The zero-order chi connectivity index (χ0) is 16.9. The fourth-order valence-corrected chi connectivity index (χ4v) is 3.27. The SMILES string of the molecule is C[C@H](c1ccon1)N(C)C(=O)c1cccc(CC2CCNCC2)c1. The van der Waals surface area contributed by atoms with E-state index in [1.807, 2.05) is 25.1 Å². The Kier molecular flexibility index (Phi) is 5.30. The van der Waals surface area contributed by atoms with Crippen LogP contribution in [-0.2, 0) is 6.42 Å². The van der Waals surface area contributed by atoms with E-state index in [4.69, 9.17) is 4.52 Å². The Hall–Kier alpha value is -2.14. The molecule has 1 aliphatic rings. The van der Waals surface area contributed by atoms with Crippen molar-refractivity contribution >= 4 is 5.91 Å². The topological polar surface area (TPSA) is 58.4 Å². The predicted molar refractivity (Wildman–Crippen MR) is 92.8 cm³/mol. The van der Waals surface area contributed by atoms with E-state index in [1.165, 1.54) is 24.7 Å². The number of hydrogen-bond donors (Lipinski definition) is 1. The molecule has 0 saturated carbocycles. The number of amides is 1. The number of rotatable bonds is 5. The molecule has 1 aliphatic heterocycles. The van der Waals surface area contributed by atoms with Crippen LogP contribution in [0.15, 0.2) is 41.1 Å². The highest BCUT2D eigenvalue weighted by molar-refractivity contribution is 5.94. The second kappa shape index (κ2) is 7.62. The van der Waals surface area contributed by atoms with Crippen molar-refractivity contribution in [2.75, 3.05) is 20.1 Å². The number of aromatic nitrogens is 1. The summed E-state index contributed by atoms with van der Waals surface area (Å²) in [5, 5.41) is 7.33. The van der Waals surface area contributed by atoms with Crippen LogP contribution < -0.4 is 5.32 Å². The molecule has 2 aromatic rings. The fourth-order valence-electron chi connectivity index (χ4n) is 3.27. The lowest BCUT2D eigenvalue weighted by molar-refractivity contribution is 0.0737. The minimum absolute atomic E-state index is 0.0117. The van der Waals surface area contributed by atoms with Gasteiger partial charge in [0.15, 0.2) is 0 Å². The zero-order valence-electron chi connectivity index (χ0n) is 14.4. The molecule has 1 saturated heterocycles. The molecule has 0 unspecified atom stereocenters. The number of nitrogens with zero attached hydrogens (tertiary/aromatic N) is 2. The Labute approximate surface area is 143 Å². The van der Waals surface area contributed by atoms with Gasteiger partial charge in [-0.1, -0.05) is 17.3 Å². The number of carbonyl (C=O) groups excluding carboxylic acids is 1. The van der Waals surface area contributed by atoms with Gasteiger partial charge in [0.05, 0.1) is 6.04 Å². The van der Waals surface area contributed by atoms with Gasteiger partial charge in [0.25, 0.3) is 5.91 Å². The average Bonchev–Trinajstić information content (AvgIpc) is 3.15. The highest BCUT2D eigenvalue weighted by Crippen LogP contribution is 2.22. The van der Waals surface area contributed by atoms with E-state index in [0.717, 1.165) is 30.8 Å². The second-order valence-electron chi connectivity index (χ2n) is 6.61. The summed E-state index contributed by atoms with van der Waals surface area (Å²) in [4.78, 5) is 14.5. The third kappa shape index (κ3) is 3.85. The quantitative estimate of drug-likeness (QED) is 0.917. The summed E-state index contributed by atoms with van der Waals surface area (Å²) in [7, 11) is 1.81. The van der Waals surface area contributed by atoms with Crippen molar-refractivity contribution in [3.8, 4) is 0 Å². The second-order valence-corrected chi connectivity index (χ2v) is 6.61. The number of piperidine rings is 1. The molecule has 0 bridgehead atoms. The molecule has 24 heavy (non-hydrogen) atoms. The molecular formula is C19H25N3O2. The van der Waals surface area contributed by atoms with Crippen LogP contribution in [-0.4, -0.2) is 36.1 Å². The van der Waals surface area contributed by atoms with Crippen molar-refractivity contribution in [2.24, 2.45) is 5.92 Å². The maximum Gasteiger partial charge on any atom is 0.254 e. The van der Waals surface area contributed by atoms with Gasteiger partial charge in [0, 0.05) is 18.7 Å². The smallest absolute Gasteiger partial charge is 0.254 e. The monoisotopic (exact) mass is 327 g/mol. The first-order chi connectivity index (χ1) is 11.6. The van der Waals surface area contributed by atoms with E-state index >= 15 is 0 Å². The van der Waals surface area contributed by atoms with Crippen molar-refractivity contribution < 1.29 is 9.32 Å². The van der Waals surface area contributed by atoms with Crippen LogP contribution in [0.25, 0.3) is 0 Å². The molecule has 1 aromatic carbocycles. The Morgan fingerprint density at radius 1 is 1.38 bits per heavy atom. The van der Waals surface area contributed by atoms with Crippen molar-refractivity contribution in [1.82, 2.24) is 15.4 Å². The van der Waals surface area contributed by atoms with E-state index in [0.29, 0.717) is 5.92 Å². The number of hydrogen-bond acceptors (Lipinski definition) is 4. The van der Waals surface area contributed by atoms with Crippen LogP contribution in [0.3, 0.4) is 0 Å². The van der Waals surface area contributed by atoms with E-state index in [9.17, 15) is 4.79 Å². The number of carbonyl (C=O) groups is 1. The maximum absolute atomic E-state index is 12.8. The van der Waals surface area contributed by atoms with E-state index in [-0.39, 0.29) is 11.9 Å². The van der Waals surface area contributed by atoms with Gasteiger partial charge >= 0.3 is 0 Å². The Morgan fingerprint density at radius 2 is 2.17 bits per heavy atom. The molecule has 0 spiro atoms. The zero-order valence-corrected chi connectivity index (χ0v) is 14.4. The summed E-state index contributed by atoms with van der Waals surface area (Å²) in [6, 6.07) is 9.71. The van der Waals surface area contributed by atoms with E-state index < -0.39 is 0 Å². The van der Waals surface area contributed by atoms with Crippen molar-refractivity contribution in [2.45, 2.75) is 32.2 Å². The largest absolute Gasteiger partial charge is 0.364 e. The first-order valence-corrected chi connectivity index (χ1v) is 8.62. The van der Waals surface area contributed by atoms with Crippen LogP contribution in [0.2, 0.25) is 0 Å². The fraction of sp³-hybridized carbons (Fsp3) is 0.474. The van der Waals surface area contributed by atoms with Gasteiger partial charge in [0.2, 0.25) is 0 Å². The van der Waals surface area contributed by atoms with Gasteiger partial charge in [-0.3, -0.25) is 4.79 Å². The van der Waals surface area contributed by atoms with Crippen LogP contribution in [0.1, 0.15) is 47.4 Å². The minimum atomic E-state index is -0.121. The third-order valence-corrected chi connectivity index (χ3v) is 4.94. The molecule has 1 amide bonds. The standard InChI is InChI=1S/C19H25N3O2/c1-14(18-8-11-24-21-18)22(2)19(23)17-5-3-4-16(13-17)12-15-6-9-20-10-7-15/h3-5,8,11,13-15,20H,6-7,9-10,12H2,1-2H3/t14-/m1/s1. The summed E-state index contributed by atoms with van der Waals surface area (Å²) in [6.45, 7) is 4.15. The molecule has 2 heterocycles. The first kappa shape index (κ1) is 16.7. The maximum atomic E-state index is 12.8. The highest BCUT2D eigenvalue weighted by Gasteiger charge is 2.21. The van der Waals surface area contributed by atoms with Crippen LogP contribution >= 0.6 is 0 Å². The van der Waals surface area contributed by atoms with Crippen molar-refractivity contribution in [3.63, 3.8) is 0 Å². The van der Waals surface area contributed by atoms with Gasteiger partial charge < -0.3 is 14.7 Å². The van der Waals surface area contributed by atoms with Crippen molar-refractivity contribution in [1.29, 1.82) is 0 Å². The Bertz CT molecular complexity index is 663. The average molecular weight is 327 g/mol. The summed E-state index contributed by atoms with van der Waals surface area (Å²) < 4.78 is 4.88. The van der Waals surface area contributed by atoms with E-state index in [1.54, 1.807) is 18.0 Å². The molecule has 1 fully saturated rings. The summed E-state index contributed by atoms with van der Waals surface area (Å²) in [6.07, 6.45) is 5.00. The molecular weight excluding hydrogens is 302 g/mol. The minimum Gasteiger partial charge on any atom is -0.364 e. The summed E-state index contributed by atoms with van der Waals surface area (Å²) in [5.74, 6) is 0.723. The molecule has 1 aromatic heterocycles. The molecule has 0 radical (unpaired) electrons. The molecule has 1 atom stereocenters. The first-order valence-electron chi connectivity index (χ1n) is 8.62.